The first-order chi connectivity index (χ1) is 12.2. The van der Waals surface area contributed by atoms with Crippen LogP contribution in [-0.4, -0.2) is 57.0 Å². The Kier molecular flexibility index (Phi) is 6.22. The normalized spacial score (nSPS) is 29.7. The molecule has 0 aliphatic carbocycles. The number of ether oxygens (including phenoxy) is 2. The summed E-state index contributed by atoms with van der Waals surface area (Å²) in [7, 11) is 0. The van der Waals surface area contributed by atoms with Gasteiger partial charge in [-0.15, -0.1) is 11.6 Å². The average Bonchev–Trinajstić information content (AvgIpc) is 2.87. The van der Waals surface area contributed by atoms with Crippen LogP contribution in [0, 0.1) is 5.92 Å². The summed E-state index contributed by atoms with van der Waals surface area (Å²) in [6.07, 6.45) is -3.86. The number of aliphatic hydroxyl groups is 1. The van der Waals surface area contributed by atoms with Crippen molar-refractivity contribution in [1.82, 2.24) is 9.55 Å². The van der Waals surface area contributed by atoms with E-state index in [1.165, 1.54) is 12.3 Å². The number of rotatable bonds is 6. The maximum atomic E-state index is 15.1. The standard InChI is InChI=1S/C15H22ClFN4O5/c1-7(2)10(19)13(23)25-11-9(17)12(26-15(11,5-16)6-22)21-4-3-8(18)20-14(21)24/h3-4,7,9-12,22H,5-6,19H2,1-2H3,(H2,18,20,24). The zero-order chi connectivity index (χ0) is 19.6. The lowest BCUT2D eigenvalue weighted by atomic mass is 9.98. The van der Waals surface area contributed by atoms with Gasteiger partial charge < -0.3 is 26.0 Å². The first-order valence-electron chi connectivity index (χ1n) is 7.96. The van der Waals surface area contributed by atoms with Crippen LogP contribution < -0.4 is 17.2 Å². The zero-order valence-corrected chi connectivity index (χ0v) is 15.1. The molecule has 1 fully saturated rings. The summed E-state index contributed by atoms with van der Waals surface area (Å²) in [6.45, 7) is 2.67. The molecule has 0 radical (unpaired) electrons. The second-order valence-electron chi connectivity index (χ2n) is 6.48. The van der Waals surface area contributed by atoms with E-state index in [9.17, 15) is 14.7 Å². The lowest BCUT2D eigenvalue weighted by Crippen LogP contribution is -2.52. The summed E-state index contributed by atoms with van der Waals surface area (Å²) in [5.41, 5.74) is 8.55. The van der Waals surface area contributed by atoms with Crippen LogP contribution in [0.2, 0.25) is 0 Å². The third kappa shape index (κ3) is 3.68. The van der Waals surface area contributed by atoms with Crippen molar-refractivity contribution in [2.45, 2.75) is 44.0 Å². The molecule has 0 bridgehead atoms. The fourth-order valence-electron chi connectivity index (χ4n) is 2.57. The predicted octanol–water partition coefficient (Wildman–Crippen LogP) is -0.443. The minimum atomic E-state index is -1.99. The van der Waals surface area contributed by atoms with Crippen LogP contribution in [0.25, 0.3) is 0 Å². The van der Waals surface area contributed by atoms with E-state index in [-0.39, 0.29) is 17.6 Å². The second-order valence-corrected chi connectivity index (χ2v) is 6.75. The highest BCUT2D eigenvalue weighted by atomic mass is 35.5. The number of hydrogen-bond acceptors (Lipinski definition) is 8. The van der Waals surface area contributed by atoms with Crippen molar-refractivity contribution in [3.05, 3.63) is 22.7 Å². The molecule has 26 heavy (non-hydrogen) atoms. The summed E-state index contributed by atoms with van der Waals surface area (Å²) in [5, 5.41) is 9.72. The van der Waals surface area contributed by atoms with E-state index in [1.807, 2.05) is 0 Å². The minimum Gasteiger partial charge on any atom is -0.455 e. The molecule has 1 aliphatic rings. The number of aromatic nitrogens is 2. The number of hydrogen-bond donors (Lipinski definition) is 3. The molecule has 5 atom stereocenters. The maximum Gasteiger partial charge on any atom is 0.351 e. The van der Waals surface area contributed by atoms with E-state index < -0.39 is 48.4 Å². The molecular formula is C15H22ClFN4O5. The highest BCUT2D eigenvalue weighted by Crippen LogP contribution is 2.41. The minimum absolute atomic E-state index is 0.0451. The number of halogens is 2. The van der Waals surface area contributed by atoms with Gasteiger partial charge in [-0.25, -0.2) is 9.18 Å². The summed E-state index contributed by atoms with van der Waals surface area (Å²) in [5.74, 6) is -1.53. The van der Waals surface area contributed by atoms with E-state index in [0.717, 1.165) is 4.57 Å². The summed E-state index contributed by atoms with van der Waals surface area (Å²) in [4.78, 5) is 27.7. The molecule has 0 aromatic carbocycles. The SMILES string of the molecule is CC(C)C(N)C(=O)OC1C(F)C(n2ccc(N)nc2=O)OC1(CO)CCl. The molecule has 146 valence electrons. The molecule has 11 heteroatoms. The number of carbonyl (C=O) groups excluding carboxylic acids is 1. The Morgan fingerprint density at radius 2 is 2.27 bits per heavy atom. The van der Waals surface area contributed by atoms with Crippen LogP contribution in [0.3, 0.4) is 0 Å². The van der Waals surface area contributed by atoms with Crippen LogP contribution in [0.4, 0.5) is 10.2 Å². The maximum absolute atomic E-state index is 15.1. The number of alkyl halides is 2. The van der Waals surface area contributed by atoms with Crippen LogP contribution in [0.1, 0.15) is 20.1 Å². The van der Waals surface area contributed by atoms with Gasteiger partial charge in [-0.3, -0.25) is 9.36 Å². The fraction of sp³-hybridized carbons (Fsp3) is 0.667. The molecule has 2 rings (SSSR count). The number of aliphatic hydroxyl groups excluding tert-OH is 1. The van der Waals surface area contributed by atoms with Crippen molar-refractivity contribution in [3.8, 4) is 0 Å². The molecule has 0 saturated carbocycles. The number of nitrogens with two attached hydrogens (primary N) is 2. The molecule has 9 nitrogen and oxygen atoms in total. The Hall–Kier alpha value is -1.75. The Balaban J connectivity index is 2.36. The van der Waals surface area contributed by atoms with Crippen molar-refractivity contribution in [1.29, 1.82) is 0 Å². The monoisotopic (exact) mass is 392 g/mol. The van der Waals surface area contributed by atoms with Gasteiger partial charge >= 0.3 is 11.7 Å². The molecule has 1 aromatic heterocycles. The molecule has 5 N–H and O–H groups in total. The molecule has 2 heterocycles. The van der Waals surface area contributed by atoms with Gasteiger partial charge in [-0.2, -0.15) is 4.98 Å². The van der Waals surface area contributed by atoms with Gasteiger partial charge in [0, 0.05) is 6.20 Å². The van der Waals surface area contributed by atoms with Crippen LogP contribution in [0.5, 0.6) is 0 Å². The van der Waals surface area contributed by atoms with Crippen molar-refractivity contribution < 1.29 is 23.8 Å². The lowest BCUT2D eigenvalue weighted by Gasteiger charge is -2.30. The van der Waals surface area contributed by atoms with Crippen LogP contribution >= 0.6 is 11.6 Å². The first kappa shape index (κ1) is 20.6. The molecule has 1 aromatic rings. The predicted molar refractivity (Wildman–Crippen MR) is 91.2 cm³/mol. The van der Waals surface area contributed by atoms with Crippen molar-refractivity contribution in [3.63, 3.8) is 0 Å². The van der Waals surface area contributed by atoms with Gasteiger partial charge in [0.1, 0.15) is 17.5 Å². The van der Waals surface area contributed by atoms with Gasteiger partial charge in [0.15, 0.2) is 18.5 Å². The molecular weight excluding hydrogens is 371 g/mol. The van der Waals surface area contributed by atoms with Gasteiger partial charge in [0.2, 0.25) is 0 Å². The topological polar surface area (TPSA) is 143 Å². The first-order valence-corrected chi connectivity index (χ1v) is 8.49. The number of anilines is 1. The lowest BCUT2D eigenvalue weighted by molar-refractivity contribution is -0.167. The Bertz CT molecular complexity index is 712. The average molecular weight is 393 g/mol. The molecule has 1 saturated heterocycles. The van der Waals surface area contributed by atoms with Gasteiger partial charge in [0.25, 0.3) is 0 Å². The van der Waals surface area contributed by atoms with E-state index in [2.05, 4.69) is 4.98 Å². The number of nitrogens with zero attached hydrogens (tertiary/aromatic N) is 2. The van der Waals surface area contributed by atoms with Crippen molar-refractivity contribution in [2.75, 3.05) is 18.2 Å². The van der Waals surface area contributed by atoms with Crippen molar-refractivity contribution in [2.24, 2.45) is 11.7 Å². The third-order valence-electron chi connectivity index (χ3n) is 4.29. The van der Waals surface area contributed by atoms with Gasteiger partial charge in [-0.05, 0) is 12.0 Å². The highest BCUT2D eigenvalue weighted by Gasteiger charge is 2.58. The van der Waals surface area contributed by atoms with Crippen LogP contribution in [0.15, 0.2) is 17.1 Å². The number of carbonyl (C=O) groups is 1. The summed E-state index contributed by atoms with van der Waals surface area (Å²) >= 11 is 5.87. The molecule has 0 amide bonds. The van der Waals surface area contributed by atoms with E-state index in [1.54, 1.807) is 13.8 Å². The highest BCUT2D eigenvalue weighted by molar-refractivity contribution is 6.18. The van der Waals surface area contributed by atoms with E-state index >= 15 is 4.39 Å². The fourth-order valence-corrected chi connectivity index (χ4v) is 2.87. The quantitative estimate of drug-likeness (QED) is 0.436. The van der Waals surface area contributed by atoms with Gasteiger partial charge in [-0.1, -0.05) is 13.8 Å². The molecule has 5 unspecified atom stereocenters. The van der Waals surface area contributed by atoms with Crippen molar-refractivity contribution >= 4 is 23.4 Å². The number of nitrogen functional groups attached to an aromatic ring is 1. The largest absolute Gasteiger partial charge is 0.455 e. The Morgan fingerprint density at radius 3 is 2.77 bits per heavy atom. The van der Waals surface area contributed by atoms with Gasteiger partial charge in [0.05, 0.1) is 12.5 Å². The molecule has 1 aliphatic heterocycles. The van der Waals surface area contributed by atoms with E-state index in [0.29, 0.717) is 0 Å². The zero-order valence-electron chi connectivity index (χ0n) is 14.3. The second kappa shape index (κ2) is 7.87. The number of esters is 1. The smallest absolute Gasteiger partial charge is 0.351 e. The summed E-state index contributed by atoms with van der Waals surface area (Å²) < 4.78 is 26.7. The third-order valence-corrected chi connectivity index (χ3v) is 4.74. The summed E-state index contributed by atoms with van der Waals surface area (Å²) in [6, 6.07) is 0.293. The molecule has 0 spiro atoms. The van der Waals surface area contributed by atoms with Crippen LogP contribution in [-0.2, 0) is 14.3 Å². The Labute approximate surface area is 154 Å². The van der Waals surface area contributed by atoms with E-state index in [4.69, 9.17) is 32.5 Å². The Morgan fingerprint density at radius 1 is 1.62 bits per heavy atom.